The summed E-state index contributed by atoms with van der Waals surface area (Å²) >= 11 is 7.82. The minimum atomic E-state index is -1.16. The average Bonchev–Trinajstić information content (AvgIpc) is 3.56. The van der Waals surface area contributed by atoms with Gasteiger partial charge in [-0.25, -0.2) is 9.78 Å². The average molecular weight is 633 g/mol. The van der Waals surface area contributed by atoms with E-state index in [1.54, 1.807) is 18.4 Å². The summed E-state index contributed by atoms with van der Waals surface area (Å²) in [7, 11) is 3.72. The monoisotopic (exact) mass is 632 g/mol. The smallest absolute Gasteiger partial charge is 0.337 e. The molecule has 5 aromatic rings. The van der Waals surface area contributed by atoms with Gasteiger partial charge < -0.3 is 14.7 Å². The maximum atomic E-state index is 12.7. The quantitative estimate of drug-likeness (QED) is 0.194. The van der Waals surface area contributed by atoms with Gasteiger partial charge in [0.2, 0.25) is 0 Å². The van der Waals surface area contributed by atoms with Crippen molar-refractivity contribution < 1.29 is 19.5 Å². The maximum Gasteiger partial charge on any atom is 0.337 e. The molecule has 0 aliphatic carbocycles. The van der Waals surface area contributed by atoms with Crippen LogP contribution < -0.4 is 0 Å². The van der Waals surface area contributed by atoms with Gasteiger partial charge in [0.25, 0.3) is 0 Å². The van der Waals surface area contributed by atoms with Crippen molar-refractivity contribution >= 4 is 50.0 Å². The number of hydrogen-bond donors (Lipinski definition) is 1. The minimum Gasteiger partial charge on any atom is -0.479 e. The zero-order chi connectivity index (χ0) is 31.3. The Morgan fingerprint density at radius 2 is 1.77 bits per heavy atom. The maximum absolute atomic E-state index is 12.7. The van der Waals surface area contributed by atoms with Gasteiger partial charge in [0.1, 0.15) is 5.01 Å². The Morgan fingerprint density at radius 3 is 2.41 bits per heavy atom. The number of carbonyl (C=O) groups is 1. The molecule has 1 fully saturated rings. The van der Waals surface area contributed by atoms with Crippen LogP contribution in [-0.2, 0) is 21.4 Å². The highest BCUT2D eigenvalue weighted by molar-refractivity contribution is 7.22. The van der Waals surface area contributed by atoms with Gasteiger partial charge in [0.05, 0.1) is 34.1 Å². The van der Waals surface area contributed by atoms with E-state index in [1.807, 2.05) is 74.8 Å². The van der Waals surface area contributed by atoms with Crippen LogP contribution in [0, 0.1) is 6.92 Å². The molecule has 3 aromatic carbocycles. The van der Waals surface area contributed by atoms with Crippen molar-refractivity contribution in [2.75, 3.05) is 20.2 Å². The number of benzene rings is 3. The Hall–Kier alpha value is -3.34. The molecule has 2 aromatic heterocycles. The first-order valence-corrected chi connectivity index (χ1v) is 16.0. The summed E-state index contributed by atoms with van der Waals surface area (Å²) in [5.74, 6) is -0.679. The van der Waals surface area contributed by atoms with Crippen LogP contribution in [0.25, 0.3) is 42.8 Å². The number of thiazole rings is 1. The van der Waals surface area contributed by atoms with Gasteiger partial charge in [-0.3, -0.25) is 4.68 Å². The van der Waals surface area contributed by atoms with E-state index < -0.39 is 17.7 Å². The Labute approximate surface area is 266 Å². The van der Waals surface area contributed by atoms with E-state index in [-0.39, 0.29) is 0 Å². The zero-order valence-corrected chi connectivity index (χ0v) is 27.4. The molecule has 0 spiro atoms. The third-order valence-electron chi connectivity index (χ3n) is 8.24. The third kappa shape index (κ3) is 5.87. The highest BCUT2D eigenvalue weighted by Crippen LogP contribution is 2.45. The van der Waals surface area contributed by atoms with Crippen molar-refractivity contribution in [2.45, 2.75) is 58.2 Å². The van der Waals surface area contributed by atoms with Crippen molar-refractivity contribution in [3.8, 4) is 21.7 Å². The van der Waals surface area contributed by atoms with Gasteiger partial charge in [-0.05, 0) is 88.1 Å². The summed E-state index contributed by atoms with van der Waals surface area (Å²) in [5.41, 5.74) is 6.46. The molecule has 230 valence electrons. The number of carboxylic acid groups (broad SMARTS) is 1. The lowest BCUT2D eigenvalue weighted by Gasteiger charge is -2.29. The topological polar surface area (TPSA) is 89.7 Å². The van der Waals surface area contributed by atoms with Crippen LogP contribution in [0.5, 0.6) is 0 Å². The third-order valence-corrected chi connectivity index (χ3v) is 9.63. The summed E-state index contributed by atoms with van der Waals surface area (Å²) in [5, 5.41) is 19.9. The summed E-state index contributed by atoms with van der Waals surface area (Å²) < 4.78 is 9.04. The predicted octanol–water partition coefficient (Wildman–Crippen LogP) is 8.16. The number of hydroxylamine groups is 2. The minimum absolute atomic E-state index is 0.355. The molecule has 44 heavy (non-hydrogen) atoms. The predicted molar refractivity (Wildman–Crippen MR) is 176 cm³/mol. The fourth-order valence-electron chi connectivity index (χ4n) is 6.20. The molecule has 1 saturated heterocycles. The number of carboxylic acids is 1. The molecule has 1 aliphatic rings. The van der Waals surface area contributed by atoms with Crippen LogP contribution in [0.15, 0.2) is 48.5 Å². The number of piperidine rings is 1. The van der Waals surface area contributed by atoms with Crippen molar-refractivity contribution in [2.24, 2.45) is 7.05 Å². The number of nitrogens with zero attached hydrogens (tertiary/aromatic N) is 4. The van der Waals surface area contributed by atoms with E-state index in [9.17, 15) is 9.90 Å². The first-order valence-electron chi connectivity index (χ1n) is 14.8. The lowest BCUT2D eigenvalue weighted by Crippen LogP contribution is -2.32. The second-order valence-electron chi connectivity index (χ2n) is 12.4. The van der Waals surface area contributed by atoms with Gasteiger partial charge in [-0.2, -0.15) is 10.2 Å². The molecule has 0 amide bonds. The molecular weight excluding hydrogens is 596 g/mol. The van der Waals surface area contributed by atoms with Crippen LogP contribution in [0.2, 0.25) is 5.02 Å². The van der Waals surface area contributed by atoms with E-state index in [0.717, 1.165) is 80.0 Å². The van der Waals surface area contributed by atoms with E-state index >= 15 is 0 Å². The van der Waals surface area contributed by atoms with Crippen molar-refractivity contribution in [1.29, 1.82) is 0 Å². The summed E-state index contributed by atoms with van der Waals surface area (Å²) in [6.07, 6.45) is 0.813. The number of ether oxygens (including phenoxy) is 1. The van der Waals surface area contributed by atoms with E-state index in [0.29, 0.717) is 16.5 Å². The molecule has 1 atom stereocenters. The highest BCUT2D eigenvalue weighted by Gasteiger charge is 2.32. The van der Waals surface area contributed by atoms with Gasteiger partial charge in [-0.15, -0.1) is 11.3 Å². The van der Waals surface area contributed by atoms with Gasteiger partial charge in [0, 0.05) is 53.2 Å². The molecule has 8 nitrogen and oxygen atoms in total. The van der Waals surface area contributed by atoms with Crippen LogP contribution in [0.4, 0.5) is 0 Å². The number of fused-ring (bicyclic) bond motifs is 2. The van der Waals surface area contributed by atoms with Gasteiger partial charge >= 0.3 is 5.97 Å². The number of rotatable bonds is 7. The van der Waals surface area contributed by atoms with E-state index in [2.05, 4.69) is 18.2 Å². The van der Waals surface area contributed by atoms with Gasteiger partial charge in [0.15, 0.2) is 6.10 Å². The lowest BCUT2D eigenvalue weighted by molar-refractivity contribution is -0.160. The first kappa shape index (κ1) is 30.7. The van der Waals surface area contributed by atoms with Crippen LogP contribution >= 0.6 is 22.9 Å². The highest BCUT2D eigenvalue weighted by atomic mass is 35.5. The molecule has 6 rings (SSSR count). The molecule has 3 heterocycles. The second-order valence-corrected chi connectivity index (χ2v) is 13.9. The fourth-order valence-corrected chi connectivity index (χ4v) is 7.45. The number of hydrogen-bond acceptors (Lipinski definition) is 7. The Kier molecular flexibility index (Phi) is 8.28. The molecule has 0 bridgehead atoms. The number of aryl methyl sites for hydroxylation is 2. The van der Waals surface area contributed by atoms with Crippen LogP contribution in [-0.4, -0.2) is 56.7 Å². The Morgan fingerprint density at radius 1 is 1.09 bits per heavy atom. The van der Waals surface area contributed by atoms with E-state index in [1.165, 1.54) is 0 Å². The summed E-state index contributed by atoms with van der Waals surface area (Å²) in [4.78, 5) is 23.2. The van der Waals surface area contributed by atoms with E-state index in [4.69, 9.17) is 31.3 Å². The molecule has 0 unspecified atom stereocenters. The molecule has 1 N–H and O–H groups in total. The Bertz CT molecular complexity index is 1850. The van der Waals surface area contributed by atoms with Crippen LogP contribution in [0.3, 0.4) is 0 Å². The molecule has 0 saturated carbocycles. The normalized spacial score (nSPS) is 15.8. The SMILES string of the molecule is CON1CCC(c2nn(C)c3ccc(-c4nc5cc(C)c([C@H](OC(C)(C)C)C(=O)O)c(-c6ccc(Cl)cc6)c5s4)cc23)CC1. The Balaban J connectivity index is 1.51. The largest absolute Gasteiger partial charge is 0.479 e. The molecular formula is C34H37ClN4O4S. The number of aliphatic carboxylic acids is 1. The first-order chi connectivity index (χ1) is 20.9. The fraction of sp³-hybridized carbons (Fsp3) is 0.382. The molecule has 1 aliphatic heterocycles. The molecule has 10 heteroatoms. The van der Waals surface area contributed by atoms with Crippen molar-refractivity contribution in [1.82, 2.24) is 19.8 Å². The zero-order valence-electron chi connectivity index (χ0n) is 25.8. The second kappa shape index (κ2) is 11.9. The van der Waals surface area contributed by atoms with Crippen LogP contribution in [0.1, 0.15) is 62.5 Å². The molecule has 0 radical (unpaired) electrons. The number of aromatic nitrogens is 3. The van der Waals surface area contributed by atoms with Crippen molar-refractivity contribution in [3.05, 3.63) is 70.4 Å². The van der Waals surface area contributed by atoms with Gasteiger partial charge in [-0.1, -0.05) is 23.7 Å². The summed E-state index contributed by atoms with van der Waals surface area (Å²) in [6, 6.07) is 15.9. The standard InChI is InChI=1S/C34H37ClN4O4S/c1-19-17-25-31(28(20-7-10-23(35)11-8-20)27(19)30(33(40)41)43-34(2,3)4)44-32(36-25)22-9-12-26-24(18-22)29(37-38(26)5)21-13-15-39(42-6)16-14-21/h7-12,17-18,21,30H,13-16H2,1-6H3,(H,40,41)/t30-/m0/s1. The lowest BCUT2D eigenvalue weighted by atomic mass is 9.91. The summed E-state index contributed by atoms with van der Waals surface area (Å²) in [6.45, 7) is 9.29. The number of halogens is 1. The van der Waals surface area contributed by atoms with Crippen molar-refractivity contribution in [3.63, 3.8) is 0 Å².